The van der Waals surface area contributed by atoms with E-state index in [4.69, 9.17) is 0 Å². The smallest absolute Gasteiger partial charge is 0.259 e. The molecule has 130 valence electrons. The number of thioether (sulfide) groups is 1. The van der Waals surface area contributed by atoms with Crippen LogP contribution in [0.25, 0.3) is 10.2 Å². The fourth-order valence-corrected chi connectivity index (χ4v) is 4.98. The average Bonchev–Trinajstić information content (AvgIpc) is 2.82. The Morgan fingerprint density at radius 3 is 2.96 bits per heavy atom. The maximum atomic E-state index is 12.3. The molecule has 24 heavy (non-hydrogen) atoms. The molecule has 5 nitrogen and oxygen atoms in total. The molecular formula is C17H23N3O2S2. The molecule has 2 aromatic heterocycles. The van der Waals surface area contributed by atoms with Crippen LogP contribution in [0, 0.1) is 13.8 Å². The van der Waals surface area contributed by atoms with E-state index in [1.54, 1.807) is 11.3 Å². The summed E-state index contributed by atoms with van der Waals surface area (Å²) in [6.45, 7) is 6.96. The quantitative estimate of drug-likeness (QED) is 0.903. The van der Waals surface area contributed by atoms with Gasteiger partial charge in [-0.1, -0.05) is 0 Å². The van der Waals surface area contributed by atoms with Gasteiger partial charge in [0.15, 0.2) is 0 Å². The third kappa shape index (κ3) is 3.52. The Kier molecular flexibility index (Phi) is 5.30. The van der Waals surface area contributed by atoms with Crippen LogP contribution < -0.4 is 5.56 Å². The van der Waals surface area contributed by atoms with Crippen LogP contribution in [0.4, 0.5) is 0 Å². The Bertz CT molecular complexity index is 812. The van der Waals surface area contributed by atoms with Gasteiger partial charge in [-0.3, -0.25) is 9.59 Å². The normalized spacial score (nSPS) is 18.3. The van der Waals surface area contributed by atoms with Crippen LogP contribution in [-0.4, -0.2) is 39.1 Å². The molecule has 1 N–H and O–H groups in total. The first-order chi connectivity index (χ1) is 11.5. The molecule has 1 saturated heterocycles. The van der Waals surface area contributed by atoms with Crippen LogP contribution in [-0.2, 0) is 10.5 Å². The molecule has 0 aromatic carbocycles. The first-order valence-electron chi connectivity index (χ1n) is 8.33. The number of rotatable bonds is 4. The highest BCUT2D eigenvalue weighted by Crippen LogP contribution is 2.26. The predicted octanol–water partition coefficient (Wildman–Crippen LogP) is 3.24. The van der Waals surface area contributed by atoms with Crippen molar-refractivity contribution in [3.05, 3.63) is 26.6 Å². The summed E-state index contributed by atoms with van der Waals surface area (Å²) in [5.74, 6) is 1.83. The summed E-state index contributed by atoms with van der Waals surface area (Å²) in [5.41, 5.74) is 0.936. The van der Waals surface area contributed by atoms with Gasteiger partial charge >= 0.3 is 0 Å². The predicted molar refractivity (Wildman–Crippen MR) is 101 cm³/mol. The van der Waals surface area contributed by atoms with Crippen molar-refractivity contribution in [1.82, 2.24) is 14.9 Å². The van der Waals surface area contributed by atoms with Gasteiger partial charge in [0.2, 0.25) is 5.91 Å². The Hall–Kier alpha value is -1.34. The first kappa shape index (κ1) is 17.5. The molecule has 0 saturated carbocycles. The number of thiophene rings is 1. The molecule has 1 amide bonds. The number of aromatic nitrogens is 2. The highest BCUT2D eigenvalue weighted by Gasteiger charge is 2.22. The lowest BCUT2D eigenvalue weighted by Crippen LogP contribution is -2.42. The maximum absolute atomic E-state index is 12.3. The lowest BCUT2D eigenvalue weighted by atomic mass is 10.0. The Morgan fingerprint density at radius 1 is 1.42 bits per heavy atom. The molecule has 2 aromatic rings. The number of fused-ring (bicyclic) bond motifs is 1. The number of amides is 1. The number of likely N-dealkylation sites (tertiary alicyclic amines) is 1. The third-order valence-electron chi connectivity index (χ3n) is 4.68. The van der Waals surface area contributed by atoms with Gasteiger partial charge in [0.1, 0.15) is 10.7 Å². The monoisotopic (exact) mass is 365 g/mol. The molecule has 0 bridgehead atoms. The molecule has 1 aliphatic heterocycles. The number of nitrogens with zero attached hydrogens (tertiary/aromatic N) is 2. The zero-order valence-corrected chi connectivity index (χ0v) is 16.0. The van der Waals surface area contributed by atoms with E-state index in [-0.39, 0.29) is 11.5 Å². The Balaban J connectivity index is 1.63. The van der Waals surface area contributed by atoms with Gasteiger partial charge in [-0.15, -0.1) is 23.1 Å². The number of hydrogen-bond donors (Lipinski definition) is 1. The third-order valence-corrected chi connectivity index (χ3v) is 6.71. The molecule has 3 rings (SSSR count). The zero-order valence-electron chi connectivity index (χ0n) is 14.3. The number of carbonyl (C=O) groups is 1. The summed E-state index contributed by atoms with van der Waals surface area (Å²) >= 11 is 3.07. The van der Waals surface area contributed by atoms with Crippen LogP contribution in [0.2, 0.25) is 0 Å². The summed E-state index contributed by atoms with van der Waals surface area (Å²) in [6, 6.07) is 0.346. The molecule has 0 radical (unpaired) electrons. The zero-order chi connectivity index (χ0) is 17.3. The largest absolute Gasteiger partial charge is 0.339 e. The molecule has 1 aliphatic rings. The van der Waals surface area contributed by atoms with Crippen molar-refractivity contribution in [2.24, 2.45) is 0 Å². The number of H-pyrrole nitrogens is 1. The van der Waals surface area contributed by atoms with Crippen LogP contribution in [0.15, 0.2) is 4.79 Å². The van der Waals surface area contributed by atoms with Crippen molar-refractivity contribution in [2.75, 3.05) is 12.3 Å². The molecule has 0 spiro atoms. The van der Waals surface area contributed by atoms with E-state index >= 15 is 0 Å². The fourth-order valence-electron chi connectivity index (χ4n) is 3.15. The molecule has 1 atom stereocenters. The van der Waals surface area contributed by atoms with Crippen LogP contribution >= 0.6 is 23.1 Å². The second kappa shape index (κ2) is 7.27. The molecule has 1 fully saturated rings. The number of nitrogens with one attached hydrogen (secondary N) is 1. The van der Waals surface area contributed by atoms with Gasteiger partial charge in [0, 0.05) is 17.5 Å². The number of carbonyl (C=O) groups excluding carboxylic acids is 1. The van der Waals surface area contributed by atoms with E-state index < -0.39 is 0 Å². The molecule has 0 aliphatic carbocycles. The highest BCUT2D eigenvalue weighted by molar-refractivity contribution is 7.99. The van der Waals surface area contributed by atoms with E-state index in [9.17, 15) is 9.59 Å². The maximum Gasteiger partial charge on any atom is 0.259 e. The Labute approximate surface area is 149 Å². The van der Waals surface area contributed by atoms with Gasteiger partial charge in [0.05, 0.1) is 16.9 Å². The van der Waals surface area contributed by atoms with Crippen LogP contribution in [0.3, 0.4) is 0 Å². The van der Waals surface area contributed by atoms with Gasteiger partial charge < -0.3 is 9.88 Å². The average molecular weight is 366 g/mol. The van der Waals surface area contributed by atoms with Gasteiger partial charge in [-0.05, 0) is 45.6 Å². The first-order valence-corrected chi connectivity index (χ1v) is 10.3. The SMILES string of the molecule is Cc1sc2nc(CSCC(=O)N3CCCC[C@H]3C)[nH]c(=O)c2c1C. The summed E-state index contributed by atoms with van der Waals surface area (Å²) in [7, 11) is 0. The lowest BCUT2D eigenvalue weighted by Gasteiger charge is -2.33. The molecule has 0 unspecified atom stereocenters. The minimum absolute atomic E-state index is 0.0755. The highest BCUT2D eigenvalue weighted by atomic mass is 32.2. The molecule has 7 heteroatoms. The van der Waals surface area contributed by atoms with Crippen LogP contribution in [0.5, 0.6) is 0 Å². The number of aromatic amines is 1. The number of aryl methyl sites for hydroxylation is 2. The molecule has 3 heterocycles. The fraction of sp³-hybridized carbons (Fsp3) is 0.588. The molecular weight excluding hydrogens is 342 g/mol. The van der Waals surface area contributed by atoms with E-state index in [0.29, 0.717) is 28.8 Å². The summed E-state index contributed by atoms with van der Waals surface area (Å²) < 4.78 is 0. The second-order valence-electron chi connectivity index (χ2n) is 6.40. The summed E-state index contributed by atoms with van der Waals surface area (Å²) in [5, 5.41) is 0.699. The minimum atomic E-state index is -0.0755. The standard InChI is InChI=1S/C17H23N3O2S2/c1-10-6-4-5-7-20(10)14(21)9-23-8-13-18-16(22)15-11(2)12(3)24-17(15)19-13/h10H,4-9H2,1-3H3,(H,18,19,22)/t10-/m1/s1. The van der Waals surface area contributed by atoms with Gasteiger partial charge in [0.25, 0.3) is 5.56 Å². The number of piperidine rings is 1. The van der Waals surface area contributed by atoms with Crippen LogP contribution in [0.1, 0.15) is 42.5 Å². The van der Waals surface area contributed by atoms with Gasteiger partial charge in [-0.25, -0.2) is 4.98 Å². The van der Waals surface area contributed by atoms with Crippen molar-refractivity contribution in [3.63, 3.8) is 0 Å². The van der Waals surface area contributed by atoms with Crippen molar-refractivity contribution < 1.29 is 4.79 Å². The van der Waals surface area contributed by atoms with Crippen molar-refractivity contribution in [3.8, 4) is 0 Å². The van der Waals surface area contributed by atoms with Crippen molar-refractivity contribution in [1.29, 1.82) is 0 Å². The summed E-state index contributed by atoms with van der Waals surface area (Å²) in [6.07, 6.45) is 3.41. The van der Waals surface area contributed by atoms with E-state index in [2.05, 4.69) is 16.9 Å². The summed E-state index contributed by atoms with van der Waals surface area (Å²) in [4.78, 5) is 35.9. The minimum Gasteiger partial charge on any atom is -0.339 e. The topological polar surface area (TPSA) is 66.1 Å². The lowest BCUT2D eigenvalue weighted by molar-refractivity contribution is -0.131. The van der Waals surface area contributed by atoms with Gasteiger partial charge in [-0.2, -0.15) is 0 Å². The van der Waals surface area contributed by atoms with E-state index in [1.165, 1.54) is 18.2 Å². The van der Waals surface area contributed by atoms with E-state index in [0.717, 1.165) is 34.7 Å². The van der Waals surface area contributed by atoms with Crippen molar-refractivity contribution >= 4 is 39.2 Å². The van der Waals surface area contributed by atoms with Crippen molar-refractivity contribution in [2.45, 2.75) is 51.8 Å². The number of hydrogen-bond acceptors (Lipinski definition) is 5. The Morgan fingerprint density at radius 2 is 2.21 bits per heavy atom. The van der Waals surface area contributed by atoms with E-state index in [1.807, 2.05) is 18.7 Å². The second-order valence-corrected chi connectivity index (χ2v) is 8.59.